The highest BCUT2D eigenvalue weighted by atomic mass is 79.9. The van der Waals surface area contributed by atoms with Crippen LogP contribution in [0.1, 0.15) is 0 Å². The first-order chi connectivity index (χ1) is 5.72. The average Bonchev–Trinajstić information content (AvgIpc) is 2.09. The summed E-state index contributed by atoms with van der Waals surface area (Å²) in [5.41, 5.74) is 0. The molecule has 1 aromatic carbocycles. The Kier molecular flexibility index (Phi) is 3.39. The highest BCUT2D eigenvalue weighted by Gasteiger charge is 2.01. The van der Waals surface area contributed by atoms with Gasteiger partial charge in [-0.2, -0.15) is 5.26 Å². The standard InChI is InChI=1S/C8H5BrClNO/c9-8(5-11)12-7-3-1-6(10)2-4-7/h1-4,8H. The molecule has 0 heterocycles. The van der Waals surface area contributed by atoms with Gasteiger partial charge in [-0.3, -0.25) is 0 Å². The topological polar surface area (TPSA) is 33.0 Å². The summed E-state index contributed by atoms with van der Waals surface area (Å²) in [6, 6.07) is 8.70. The molecule has 1 rings (SSSR count). The molecule has 1 unspecified atom stereocenters. The van der Waals surface area contributed by atoms with Crippen molar-refractivity contribution >= 4 is 27.5 Å². The Morgan fingerprint density at radius 2 is 2.00 bits per heavy atom. The Labute approximate surface area is 83.8 Å². The SMILES string of the molecule is N#CC(Br)Oc1ccc(Cl)cc1. The zero-order valence-corrected chi connectivity index (χ0v) is 8.34. The molecule has 0 amide bonds. The van der Waals surface area contributed by atoms with Crippen LogP contribution in [0.5, 0.6) is 5.75 Å². The molecular formula is C8H5BrClNO. The van der Waals surface area contributed by atoms with Crippen LogP contribution in [0.25, 0.3) is 0 Å². The van der Waals surface area contributed by atoms with E-state index in [0.717, 1.165) is 0 Å². The molecule has 0 spiro atoms. The van der Waals surface area contributed by atoms with Crippen LogP contribution in [0.15, 0.2) is 24.3 Å². The number of nitriles is 1. The van der Waals surface area contributed by atoms with E-state index in [1.807, 2.05) is 6.07 Å². The maximum absolute atomic E-state index is 8.40. The molecule has 0 fully saturated rings. The van der Waals surface area contributed by atoms with Crippen molar-refractivity contribution in [2.24, 2.45) is 0 Å². The van der Waals surface area contributed by atoms with Gasteiger partial charge in [0.05, 0.1) is 0 Å². The van der Waals surface area contributed by atoms with Crippen molar-refractivity contribution in [3.05, 3.63) is 29.3 Å². The van der Waals surface area contributed by atoms with E-state index in [9.17, 15) is 0 Å². The fourth-order valence-electron chi connectivity index (χ4n) is 0.659. The first-order valence-electron chi connectivity index (χ1n) is 3.18. The summed E-state index contributed by atoms with van der Waals surface area (Å²) in [4.78, 5) is 0. The summed E-state index contributed by atoms with van der Waals surface area (Å²) >= 11 is 8.67. The van der Waals surface area contributed by atoms with E-state index in [4.69, 9.17) is 21.6 Å². The van der Waals surface area contributed by atoms with Crippen molar-refractivity contribution in [2.45, 2.75) is 5.01 Å². The third kappa shape index (κ3) is 2.72. The summed E-state index contributed by atoms with van der Waals surface area (Å²) in [7, 11) is 0. The number of nitrogens with zero attached hydrogens (tertiary/aromatic N) is 1. The highest BCUT2D eigenvalue weighted by molar-refractivity contribution is 9.09. The minimum atomic E-state index is -0.612. The maximum atomic E-state index is 8.40. The van der Waals surface area contributed by atoms with E-state index >= 15 is 0 Å². The molecule has 4 heteroatoms. The Balaban J connectivity index is 2.66. The molecule has 0 N–H and O–H groups in total. The average molecular weight is 246 g/mol. The molecule has 0 saturated heterocycles. The van der Waals surface area contributed by atoms with Gasteiger partial charge in [0.1, 0.15) is 11.8 Å². The molecule has 0 aliphatic rings. The van der Waals surface area contributed by atoms with Crippen LogP contribution in [0, 0.1) is 11.3 Å². The van der Waals surface area contributed by atoms with Gasteiger partial charge in [0.25, 0.3) is 0 Å². The number of benzene rings is 1. The third-order valence-electron chi connectivity index (χ3n) is 1.15. The Morgan fingerprint density at radius 1 is 1.42 bits per heavy atom. The lowest BCUT2D eigenvalue weighted by molar-refractivity contribution is 0.344. The van der Waals surface area contributed by atoms with Gasteiger partial charge in [-0.15, -0.1) is 0 Å². The van der Waals surface area contributed by atoms with Gasteiger partial charge in [0.2, 0.25) is 5.01 Å². The first kappa shape index (κ1) is 9.37. The highest BCUT2D eigenvalue weighted by Crippen LogP contribution is 2.17. The minimum Gasteiger partial charge on any atom is -0.465 e. The van der Waals surface area contributed by atoms with Gasteiger partial charge < -0.3 is 4.74 Å². The fourth-order valence-corrected chi connectivity index (χ4v) is 1.00. The molecule has 0 aliphatic heterocycles. The van der Waals surface area contributed by atoms with Crippen LogP contribution >= 0.6 is 27.5 Å². The van der Waals surface area contributed by atoms with Crippen LogP contribution in [-0.4, -0.2) is 5.01 Å². The lowest BCUT2D eigenvalue weighted by Crippen LogP contribution is -2.03. The quantitative estimate of drug-likeness (QED) is 0.752. The molecule has 12 heavy (non-hydrogen) atoms. The zero-order valence-electron chi connectivity index (χ0n) is 6.00. The van der Waals surface area contributed by atoms with E-state index < -0.39 is 5.01 Å². The fraction of sp³-hybridized carbons (Fsp3) is 0.125. The van der Waals surface area contributed by atoms with Crippen LogP contribution < -0.4 is 4.74 Å². The molecule has 2 nitrogen and oxygen atoms in total. The zero-order chi connectivity index (χ0) is 8.97. The normalized spacial score (nSPS) is 11.8. The van der Waals surface area contributed by atoms with Crippen molar-refractivity contribution < 1.29 is 4.74 Å². The molecule has 0 aromatic heterocycles. The van der Waals surface area contributed by atoms with Crippen molar-refractivity contribution in [3.8, 4) is 11.8 Å². The number of ether oxygens (including phenoxy) is 1. The van der Waals surface area contributed by atoms with Crippen LogP contribution in [0.4, 0.5) is 0 Å². The van der Waals surface area contributed by atoms with Crippen molar-refractivity contribution in [2.75, 3.05) is 0 Å². The molecule has 0 aliphatic carbocycles. The van der Waals surface area contributed by atoms with Crippen LogP contribution in [0.3, 0.4) is 0 Å². The molecule has 0 bridgehead atoms. The molecular weight excluding hydrogens is 241 g/mol. The van der Waals surface area contributed by atoms with Crippen molar-refractivity contribution in [3.63, 3.8) is 0 Å². The molecule has 1 aromatic rings. The lowest BCUT2D eigenvalue weighted by Gasteiger charge is -2.04. The second-order valence-electron chi connectivity index (χ2n) is 2.02. The Morgan fingerprint density at radius 3 is 2.50 bits per heavy atom. The van der Waals surface area contributed by atoms with Crippen LogP contribution in [0.2, 0.25) is 5.02 Å². The number of hydrogen-bond donors (Lipinski definition) is 0. The van der Waals surface area contributed by atoms with E-state index in [1.54, 1.807) is 24.3 Å². The molecule has 0 radical (unpaired) electrons. The maximum Gasteiger partial charge on any atom is 0.238 e. The molecule has 62 valence electrons. The predicted molar refractivity (Wildman–Crippen MR) is 50.4 cm³/mol. The molecule has 0 saturated carbocycles. The van der Waals surface area contributed by atoms with Crippen LogP contribution in [-0.2, 0) is 0 Å². The van der Waals surface area contributed by atoms with E-state index in [-0.39, 0.29) is 0 Å². The second kappa shape index (κ2) is 4.34. The van der Waals surface area contributed by atoms with Gasteiger partial charge in [-0.1, -0.05) is 11.6 Å². The summed E-state index contributed by atoms with van der Waals surface area (Å²) in [5.74, 6) is 0.614. The third-order valence-corrected chi connectivity index (χ3v) is 1.80. The predicted octanol–water partition coefficient (Wildman–Crippen LogP) is 2.96. The minimum absolute atomic E-state index is 0.612. The number of hydrogen-bond acceptors (Lipinski definition) is 2. The van der Waals surface area contributed by atoms with Gasteiger partial charge in [0.15, 0.2) is 0 Å². The monoisotopic (exact) mass is 245 g/mol. The smallest absolute Gasteiger partial charge is 0.238 e. The van der Waals surface area contributed by atoms with E-state index in [0.29, 0.717) is 10.8 Å². The lowest BCUT2D eigenvalue weighted by atomic mass is 10.3. The summed E-state index contributed by atoms with van der Waals surface area (Å²) in [6.07, 6.45) is 0. The summed E-state index contributed by atoms with van der Waals surface area (Å²) in [5, 5.41) is 8.43. The molecule has 1 atom stereocenters. The van der Waals surface area contributed by atoms with E-state index in [2.05, 4.69) is 15.9 Å². The number of rotatable bonds is 2. The van der Waals surface area contributed by atoms with Gasteiger partial charge >= 0.3 is 0 Å². The van der Waals surface area contributed by atoms with Gasteiger partial charge in [0, 0.05) is 5.02 Å². The Hall–Kier alpha value is -0.720. The van der Waals surface area contributed by atoms with Crippen molar-refractivity contribution in [1.29, 1.82) is 5.26 Å². The summed E-state index contributed by atoms with van der Waals surface area (Å²) < 4.78 is 5.12. The van der Waals surface area contributed by atoms with E-state index in [1.165, 1.54) is 0 Å². The second-order valence-corrected chi connectivity index (χ2v) is 3.29. The summed E-state index contributed by atoms with van der Waals surface area (Å²) in [6.45, 7) is 0. The Bertz CT molecular complexity index is 293. The first-order valence-corrected chi connectivity index (χ1v) is 4.47. The van der Waals surface area contributed by atoms with Gasteiger partial charge in [-0.05, 0) is 40.2 Å². The number of alkyl halides is 1. The van der Waals surface area contributed by atoms with Gasteiger partial charge in [-0.25, -0.2) is 0 Å². The number of halogens is 2. The largest absolute Gasteiger partial charge is 0.465 e. The van der Waals surface area contributed by atoms with Crippen molar-refractivity contribution in [1.82, 2.24) is 0 Å².